The number of aromatic nitrogens is 2. The zero-order valence-corrected chi connectivity index (χ0v) is 12.8. The Balaban J connectivity index is 1.83. The van der Waals surface area contributed by atoms with E-state index in [1.165, 1.54) is 0 Å². The topological polar surface area (TPSA) is 118 Å². The molecule has 0 radical (unpaired) electrons. The summed E-state index contributed by atoms with van der Waals surface area (Å²) in [6, 6.07) is 0. The molecule has 2 aliphatic carbocycles. The maximum Gasteiger partial charge on any atom is 0.273 e. The van der Waals surface area contributed by atoms with E-state index in [4.69, 9.17) is 5.14 Å². The van der Waals surface area contributed by atoms with E-state index < -0.39 is 15.9 Å². The third kappa shape index (κ3) is 2.82. The monoisotopic (exact) mass is 312 g/mol. The van der Waals surface area contributed by atoms with Crippen molar-refractivity contribution in [1.29, 1.82) is 0 Å². The number of nitrogens with zero attached hydrogens (tertiary/aromatic N) is 1. The summed E-state index contributed by atoms with van der Waals surface area (Å²) >= 11 is 0. The van der Waals surface area contributed by atoms with Crippen molar-refractivity contribution in [3.05, 3.63) is 11.4 Å². The number of hydrogen-bond acceptors (Lipinski definition) is 4. The predicted octanol–water partition coefficient (Wildman–Crippen LogP) is 0.854. The van der Waals surface area contributed by atoms with Gasteiger partial charge in [-0.2, -0.15) is 5.10 Å². The van der Waals surface area contributed by atoms with Crippen LogP contribution in [0.5, 0.6) is 0 Å². The lowest BCUT2D eigenvalue weighted by atomic mass is 10.0. The maximum atomic E-state index is 12.2. The fourth-order valence-electron chi connectivity index (χ4n) is 2.62. The molecule has 3 rings (SSSR count). The number of nitrogens with two attached hydrogens (primary N) is 1. The van der Waals surface area contributed by atoms with E-state index in [0.717, 1.165) is 32.1 Å². The molecule has 1 amide bonds. The number of sulfonamides is 1. The van der Waals surface area contributed by atoms with Gasteiger partial charge in [0, 0.05) is 12.5 Å². The Bertz CT molecular complexity index is 672. The molecule has 1 aromatic rings. The molecule has 2 fully saturated rings. The van der Waals surface area contributed by atoms with Crippen molar-refractivity contribution in [3.63, 3.8) is 0 Å². The molecule has 2 aliphatic rings. The average Bonchev–Trinajstić information content (AvgIpc) is 3.34. The Morgan fingerprint density at radius 2 is 2.14 bits per heavy atom. The summed E-state index contributed by atoms with van der Waals surface area (Å²) in [6.45, 7) is 2.65. The fourth-order valence-corrected chi connectivity index (χ4v) is 3.55. The van der Waals surface area contributed by atoms with E-state index in [-0.39, 0.29) is 21.9 Å². The second-order valence-electron chi connectivity index (χ2n) is 6.17. The summed E-state index contributed by atoms with van der Waals surface area (Å²) < 4.78 is 23.6. The van der Waals surface area contributed by atoms with E-state index in [9.17, 15) is 13.2 Å². The SMILES string of the molecule is CCC1(CNC(=O)c2n[nH]c(C3CC3)c2S(N)(=O)=O)CC1. The molecule has 0 aromatic carbocycles. The third-order valence-corrected chi connectivity index (χ3v) is 5.55. The molecule has 21 heavy (non-hydrogen) atoms. The summed E-state index contributed by atoms with van der Waals surface area (Å²) in [5.41, 5.74) is 0.554. The van der Waals surface area contributed by atoms with Crippen LogP contribution in [0.4, 0.5) is 0 Å². The highest BCUT2D eigenvalue weighted by Gasteiger charge is 2.41. The first-order valence-corrected chi connectivity index (χ1v) is 8.80. The molecule has 0 unspecified atom stereocenters. The molecule has 2 saturated carbocycles. The normalized spacial score (nSPS) is 20.3. The van der Waals surface area contributed by atoms with Crippen LogP contribution in [0, 0.1) is 5.41 Å². The van der Waals surface area contributed by atoms with Crippen molar-refractivity contribution in [2.24, 2.45) is 10.6 Å². The Morgan fingerprint density at radius 3 is 2.62 bits per heavy atom. The fraction of sp³-hybridized carbons (Fsp3) is 0.692. The largest absolute Gasteiger partial charge is 0.350 e. The molecular weight excluding hydrogens is 292 g/mol. The summed E-state index contributed by atoms with van der Waals surface area (Å²) in [4.78, 5) is 12.1. The van der Waals surface area contributed by atoms with Crippen LogP contribution in [-0.4, -0.2) is 31.1 Å². The molecule has 0 spiro atoms. The zero-order chi connectivity index (χ0) is 15.3. The molecule has 7 nitrogen and oxygen atoms in total. The van der Waals surface area contributed by atoms with Gasteiger partial charge in [-0.1, -0.05) is 6.92 Å². The number of hydrogen-bond donors (Lipinski definition) is 3. The van der Waals surface area contributed by atoms with Gasteiger partial charge in [-0.15, -0.1) is 0 Å². The van der Waals surface area contributed by atoms with Crippen molar-refractivity contribution >= 4 is 15.9 Å². The summed E-state index contributed by atoms with van der Waals surface area (Å²) in [5.74, 6) is -0.348. The highest BCUT2D eigenvalue weighted by atomic mass is 32.2. The molecule has 1 aromatic heterocycles. The van der Waals surface area contributed by atoms with Gasteiger partial charge in [0.2, 0.25) is 10.0 Å². The van der Waals surface area contributed by atoms with Crippen molar-refractivity contribution < 1.29 is 13.2 Å². The lowest BCUT2D eigenvalue weighted by Crippen LogP contribution is -2.31. The second-order valence-corrected chi connectivity index (χ2v) is 7.67. The van der Waals surface area contributed by atoms with Gasteiger partial charge < -0.3 is 5.32 Å². The molecule has 0 atom stereocenters. The molecule has 4 N–H and O–H groups in total. The summed E-state index contributed by atoms with van der Waals surface area (Å²) in [5, 5.41) is 14.6. The van der Waals surface area contributed by atoms with Gasteiger partial charge in [0.25, 0.3) is 5.91 Å². The Hall–Kier alpha value is -1.41. The van der Waals surface area contributed by atoms with Gasteiger partial charge in [0.15, 0.2) is 5.69 Å². The molecular formula is C13H20N4O3S. The summed E-state index contributed by atoms with van der Waals surface area (Å²) in [6.07, 6.45) is 4.98. The zero-order valence-electron chi connectivity index (χ0n) is 12.0. The van der Waals surface area contributed by atoms with Crippen molar-refractivity contribution in [1.82, 2.24) is 15.5 Å². The Morgan fingerprint density at radius 1 is 1.48 bits per heavy atom. The standard InChI is InChI=1S/C13H20N4O3S/c1-2-13(5-6-13)7-15-12(18)10-11(21(14,19)20)9(16-17-10)8-3-4-8/h8H,2-7H2,1H3,(H,15,18)(H,16,17)(H2,14,19,20). The first-order valence-electron chi connectivity index (χ1n) is 7.25. The number of carbonyl (C=O) groups excluding carboxylic acids is 1. The number of carbonyl (C=O) groups is 1. The van der Waals surface area contributed by atoms with Crippen LogP contribution < -0.4 is 10.5 Å². The minimum Gasteiger partial charge on any atom is -0.350 e. The van der Waals surface area contributed by atoms with Crippen LogP contribution in [0.15, 0.2) is 4.90 Å². The maximum absolute atomic E-state index is 12.2. The number of H-pyrrole nitrogens is 1. The molecule has 1 heterocycles. The molecule has 116 valence electrons. The van der Waals surface area contributed by atoms with Gasteiger partial charge in [0.1, 0.15) is 4.90 Å². The molecule has 0 saturated heterocycles. The minimum atomic E-state index is -3.97. The smallest absolute Gasteiger partial charge is 0.273 e. The van der Waals surface area contributed by atoms with Gasteiger partial charge in [-0.3, -0.25) is 9.89 Å². The van der Waals surface area contributed by atoms with Gasteiger partial charge in [-0.25, -0.2) is 13.6 Å². The van der Waals surface area contributed by atoms with E-state index in [1.807, 2.05) is 0 Å². The Labute approximate surface area is 123 Å². The first-order chi connectivity index (χ1) is 9.86. The van der Waals surface area contributed by atoms with Gasteiger partial charge in [-0.05, 0) is 37.5 Å². The minimum absolute atomic E-state index is 0.105. The van der Waals surface area contributed by atoms with Gasteiger partial charge >= 0.3 is 0 Å². The van der Waals surface area contributed by atoms with Crippen LogP contribution in [0.1, 0.15) is 61.1 Å². The van der Waals surface area contributed by atoms with Crippen molar-refractivity contribution in [2.75, 3.05) is 6.54 Å². The number of aromatic amines is 1. The van der Waals surface area contributed by atoms with E-state index in [1.54, 1.807) is 0 Å². The number of nitrogens with one attached hydrogen (secondary N) is 2. The lowest BCUT2D eigenvalue weighted by molar-refractivity contribution is 0.0936. The highest BCUT2D eigenvalue weighted by Crippen LogP contribution is 2.48. The predicted molar refractivity (Wildman–Crippen MR) is 76.2 cm³/mol. The lowest BCUT2D eigenvalue weighted by Gasteiger charge is -2.12. The average molecular weight is 312 g/mol. The van der Waals surface area contributed by atoms with Crippen LogP contribution in [-0.2, 0) is 10.0 Å². The number of rotatable bonds is 6. The van der Waals surface area contributed by atoms with E-state index in [0.29, 0.717) is 12.2 Å². The first kappa shape index (κ1) is 14.5. The number of amides is 1. The summed E-state index contributed by atoms with van der Waals surface area (Å²) in [7, 11) is -3.97. The third-order valence-electron chi connectivity index (χ3n) is 4.56. The van der Waals surface area contributed by atoms with Crippen LogP contribution in [0.25, 0.3) is 0 Å². The highest BCUT2D eigenvalue weighted by molar-refractivity contribution is 7.89. The quantitative estimate of drug-likeness (QED) is 0.721. The molecule has 0 bridgehead atoms. The van der Waals surface area contributed by atoms with Crippen LogP contribution >= 0.6 is 0 Å². The van der Waals surface area contributed by atoms with Crippen molar-refractivity contribution in [3.8, 4) is 0 Å². The second kappa shape index (κ2) is 4.81. The molecule has 8 heteroatoms. The van der Waals surface area contributed by atoms with E-state index in [2.05, 4.69) is 22.4 Å². The van der Waals surface area contributed by atoms with Crippen LogP contribution in [0.3, 0.4) is 0 Å². The number of primary sulfonamides is 1. The van der Waals surface area contributed by atoms with E-state index >= 15 is 0 Å². The van der Waals surface area contributed by atoms with Crippen molar-refractivity contribution in [2.45, 2.75) is 49.8 Å². The molecule has 0 aliphatic heterocycles. The Kier molecular flexibility index (Phi) is 3.32. The van der Waals surface area contributed by atoms with Crippen LogP contribution in [0.2, 0.25) is 0 Å². The van der Waals surface area contributed by atoms with Gasteiger partial charge in [0.05, 0.1) is 5.69 Å².